The number of halogens is 1. The standard InChI is InChI=1S/C11H13ClN2O3/c1-2-17-11(16)9(13)10(15)14-8-5-3-7(12)4-6-8/h3-6,9H,2,13H2,1H3,(H,14,15). The van der Waals surface area contributed by atoms with Gasteiger partial charge in [0.25, 0.3) is 5.91 Å². The van der Waals surface area contributed by atoms with E-state index in [1.165, 1.54) is 0 Å². The smallest absolute Gasteiger partial charge is 0.332 e. The number of ether oxygens (including phenoxy) is 1. The van der Waals surface area contributed by atoms with Crippen LogP contribution in [0.5, 0.6) is 0 Å². The van der Waals surface area contributed by atoms with Gasteiger partial charge < -0.3 is 15.8 Å². The Morgan fingerprint density at radius 2 is 2.00 bits per heavy atom. The van der Waals surface area contributed by atoms with Crippen molar-refractivity contribution in [1.82, 2.24) is 0 Å². The summed E-state index contributed by atoms with van der Waals surface area (Å²) in [4.78, 5) is 22.7. The fraction of sp³-hybridized carbons (Fsp3) is 0.273. The molecule has 1 rings (SSSR count). The van der Waals surface area contributed by atoms with Gasteiger partial charge in [-0.15, -0.1) is 0 Å². The van der Waals surface area contributed by atoms with E-state index in [1.807, 2.05) is 0 Å². The van der Waals surface area contributed by atoms with Gasteiger partial charge in [-0.25, -0.2) is 4.79 Å². The van der Waals surface area contributed by atoms with Crippen LogP contribution in [0.25, 0.3) is 0 Å². The summed E-state index contributed by atoms with van der Waals surface area (Å²) in [6, 6.07) is 5.13. The maximum Gasteiger partial charge on any atom is 0.332 e. The number of carbonyl (C=O) groups excluding carboxylic acids is 2. The van der Waals surface area contributed by atoms with Gasteiger partial charge in [-0.1, -0.05) is 11.6 Å². The predicted octanol–water partition coefficient (Wildman–Crippen LogP) is 1.17. The highest BCUT2D eigenvalue weighted by molar-refractivity contribution is 6.30. The molecule has 0 bridgehead atoms. The molecule has 1 aromatic rings. The van der Waals surface area contributed by atoms with Crippen LogP contribution in [0, 0.1) is 0 Å². The fourth-order valence-electron chi connectivity index (χ4n) is 1.09. The molecule has 0 aliphatic rings. The van der Waals surface area contributed by atoms with Gasteiger partial charge >= 0.3 is 5.97 Å². The van der Waals surface area contributed by atoms with Crippen molar-refractivity contribution in [1.29, 1.82) is 0 Å². The number of benzene rings is 1. The summed E-state index contributed by atoms with van der Waals surface area (Å²) in [5.74, 6) is -1.37. The molecule has 0 fully saturated rings. The molecule has 3 N–H and O–H groups in total. The Morgan fingerprint density at radius 3 is 2.53 bits per heavy atom. The summed E-state index contributed by atoms with van der Waals surface area (Å²) in [6.07, 6.45) is 0. The van der Waals surface area contributed by atoms with Gasteiger partial charge in [-0.2, -0.15) is 0 Å². The van der Waals surface area contributed by atoms with Crippen molar-refractivity contribution in [2.75, 3.05) is 11.9 Å². The second-order valence-electron chi connectivity index (χ2n) is 3.23. The number of nitrogens with two attached hydrogens (primary N) is 1. The first kappa shape index (κ1) is 13.5. The highest BCUT2D eigenvalue weighted by Crippen LogP contribution is 2.13. The van der Waals surface area contributed by atoms with Gasteiger partial charge in [0.05, 0.1) is 6.61 Å². The molecular formula is C11H13ClN2O3. The topological polar surface area (TPSA) is 81.4 Å². The summed E-state index contributed by atoms with van der Waals surface area (Å²) in [5.41, 5.74) is 5.93. The molecule has 0 saturated heterocycles. The number of amides is 1. The highest BCUT2D eigenvalue weighted by atomic mass is 35.5. The van der Waals surface area contributed by atoms with E-state index in [-0.39, 0.29) is 6.61 Å². The van der Waals surface area contributed by atoms with E-state index in [2.05, 4.69) is 10.1 Å². The summed E-state index contributed by atoms with van der Waals surface area (Å²) >= 11 is 5.69. The second-order valence-corrected chi connectivity index (χ2v) is 3.66. The van der Waals surface area contributed by atoms with Gasteiger partial charge in [0.2, 0.25) is 0 Å². The van der Waals surface area contributed by atoms with Crippen LogP contribution in [0.1, 0.15) is 6.92 Å². The minimum Gasteiger partial charge on any atom is -0.464 e. The molecule has 0 saturated carbocycles. The SMILES string of the molecule is CCOC(=O)C(N)C(=O)Nc1ccc(Cl)cc1. The first-order valence-corrected chi connectivity index (χ1v) is 5.41. The zero-order chi connectivity index (χ0) is 12.8. The van der Waals surface area contributed by atoms with Crippen LogP contribution in [-0.2, 0) is 14.3 Å². The molecule has 1 amide bonds. The van der Waals surface area contributed by atoms with Crippen LogP contribution >= 0.6 is 11.6 Å². The van der Waals surface area contributed by atoms with Crippen molar-refractivity contribution in [2.45, 2.75) is 13.0 Å². The van der Waals surface area contributed by atoms with Crippen LogP contribution in [-0.4, -0.2) is 24.5 Å². The van der Waals surface area contributed by atoms with Gasteiger partial charge in [-0.05, 0) is 31.2 Å². The number of anilines is 1. The third kappa shape index (κ3) is 4.05. The summed E-state index contributed by atoms with van der Waals surface area (Å²) in [6.45, 7) is 1.82. The van der Waals surface area contributed by atoms with Crippen molar-refractivity contribution in [3.05, 3.63) is 29.3 Å². The van der Waals surface area contributed by atoms with Gasteiger partial charge in [-0.3, -0.25) is 4.79 Å². The zero-order valence-corrected chi connectivity index (χ0v) is 10.0. The lowest BCUT2D eigenvalue weighted by atomic mass is 10.2. The van der Waals surface area contributed by atoms with E-state index < -0.39 is 17.9 Å². The number of nitrogens with one attached hydrogen (secondary N) is 1. The number of esters is 1. The average molecular weight is 257 g/mol. The molecule has 1 atom stereocenters. The highest BCUT2D eigenvalue weighted by Gasteiger charge is 2.23. The van der Waals surface area contributed by atoms with Crippen LogP contribution in [0.4, 0.5) is 5.69 Å². The molecule has 0 aliphatic carbocycles. The van der Waals surface area contributed by atoms with Crippen molar-refractivity contribution in [3.63, 3.8) is 0 Å². The molecule has 5 nitrogen and oxygen atoms in total. The molecular weight excluding hydrogens is 244 g/mol. The van der Waals surface area contributed by atoms with E-state index in [1.54, 1.807) is 31.2 Å². The summed E-state index contributed by atoms with van der Waals surface area (Å²) in [5, 5.41) is 3.04. The lowest BCUT2D eigenvalue weighted by Gasteiger charge is -2.11. The molecule has 0 aromatic heterocycles. The minimum absolute atomic E-state index is 0.181. The molecule has 0 spiro atoms. The molecule has 92 valence electrons. The van der Waals surface area contributed by atoms with Crippen LogP contribution < -0.4 is 11.1 Å². The fourth-order valence-corrected chi connectivity index (χ4v) is 1.22. The molecule has 6 heteroatoms. The van der Waals surface area contributed by atoms with Crippen LogP contribution in [0.2, 0.25) is 5.02 Å². The predicted molar refractivity (Wildman–Crippen MR) is 64.7 cm³/mol. The van der Waals surface area contributed by atoms with Crippen molar-refractivity contribution in [2.24, 2.45) is 5.73 Å². The van der Waals surface area contributed by atoms with E-state index in [0.717, 1.165) is 0 Å². The number of hydrogen-bond acceptors (Lipinski definition) is 4. The Morgan fingerprint density at radius 1 is 1.41 bits per heavy atom. The third-order valence-electron chi connectivity index (χ3n) is 1.93. The molecule has 0 aliphatic heterocycles. The van der Waals surface area contributed by atoms with E-state index in [9.17, 15) is 9.59 Å². The Labute approximate surface area is 104 Å². The van der Waals surface area contributed by atoms with E-state index in [4.69, 9.17) is 17.3 Å². The van der Waals surface area contributed by atoms with Crippen molar-refractivity contribution >= 4 is 29.2 Å². The maximum absolute atomic E-state index is 11.5. The second kappa shape index (κ2) is 6.22. The zero-order valence-electron chi connectivity index (χ0n) is 9.27. The number of hydrogen-bond donors (Lipinski definition) is 2. The molecule has 0 heterocycles. The first-order chi connectivity index (χ1) is 8.04. The normalized spacial score (nSPS) is 11.7. The lowest BCUT2D eigenvalue weighted by molar-refractivity contribution is -0.146. The monoisotopic (exact) mass is 256 g/mol. The summed E-state index contributed by atoms with van der Waals surface area (Å²) in [7, 11) is 0. The van der Waals surface area contributed by atoms with Crippen molar-refractivity contribution < 1.29 is 14.3 Å². The molecule has 1 aromatic carbocycles. The largest absolute Gasteiger partial charge is 0.464 e. The van der Waals surface area contributed by atoms with Gasteiger partial charge in [0.1, 0.15) is 0 Å². The Bertz CT molecular complexity index is 406. The van der Waals surface area contributed by atoms with Crippen LogP contribution in [0.3, 0.4) is 0 Å². The Kier molecular flexibility index (Phi) is 4.93. The maximum atomic E-state index is 11.5. The Balaban J connectivity index is 2.59. The number of rotatable bonds is 4. The van der Waals surface area contributed by atoms with Crippen LogP contribution in [0.15, 0.2) is 24.3 Å². The first-order valence-electron chi connectivity index (χ1n) is 5.03. The molecule has 0 radical (unpaired) electrons. The van der Waals surface area contributed by atoms with Crippen molar-refractivity contribution in [3.8, 4) is 0 Å². The number of carbonyl (C=O) groups is 2. The van der Waals surface area contributed by atoms with Gasteiger partial charge in [0, 0.05) is 10.7 Å². The quantitative estimate of drug-likeness (QED) is 0.626. The molecule has 1 unspecified atom stereocenters. The Hall–Kier alpha value is -1.59. The summed E-state index contributed by atoms with van der Waals surface area (Å²) < 4.78 is 4.64. The molecule has 17 heavy (non-hydrogen) atoms. The average Bonchev–Trinajstić information content (AvgIpc) is 2.31. The van der Waals surface area contributed by atoms with E-state index >= 15 is 0 Å². The van der Waals surface area contributed by atoms with E-state index in [0.29, 0.717) is 10.7 Å². The minimum atomic E-state index is -1.33. The third-order valence-corrected chi connectivity index (χ3v) is 2.19. The lowest BCUT2D eigenvalue weighted by Crippen LogP contribution is -2.43. The van der Waals surface area contributed by atoms with Gasteiger partial charge in [0.15, 0.2) is 6.04 Å².